The quantitative estimate of drug-likeness (QED) is 0.430. The largest absolute Gasteiger partial charge is 0.494 e. The van der Waals surface area contributed by atoms with Gasteiger partial charge in [0.2, 0.25) is 0 Å². The van der Waals surface area contributed by atoms with E-state index in [4.69, 9.17) is 27.9 Å². The number of nitrogens with one attached hydrogen (secondary N) is 2. The van der Waals surface area contributed by atoms with Crippen LogP contribution in [-0.2, 0) is 4.79 Å². The number of amides is 2. The summed E-state index contributed by atoms with van der Waals surface area (Å²) in [7, 11) is 0. The summed E-state index contributed by atoms with van der Waals surface area (Å²) < 4.78 is 5.58. The Kier molecular flexibility index (Phi) is 9.15. The molecule has 160 valence electrons. The maximum Gasteiger partial charge on any atom is 0.262 e. The molecule has 8 heteroatoms. The molecule has 6 nitrogen and oxygen atoms in total. The zero-order chi connectivity index (χ0) is 22.1. The molecule has 1 unspecified atom stereocenters. The van der Waals surface area contributed by atoms with Crippen molar-refractivity contribution < 1.29 is 14.3 Å². The summed E-state index contributed by atoms with van der Waals surface area (Å²) in [5.41, 5.74) is 3.50. The maximum atomic E-state index is 12.6. The second-order valence-corrected chi connectivity index (χ2v) is 7.82. The summed E-state index contributed by atoms with van der Waals surface area (Å²) in [5.74, 6) is -0.325. The van der Waals surface area contributed by atoms with Crippen LogP contribution in [0.25, 0.3) is 0 Å². The average Bonchev–Trinajstić information content (AvgIpc) is 2.70. The third-order valence-corrected chi connectivity index (χ3v) is 4.68. The van der Waals surface area contributed by atoms with E-state index >= 15 is 0 Å². The molecule has 2 amide bonds. The topological polar surface area (TPSA) is 79.8 Å². The highest BCUT2D eigenvalue weighted by Gasteiger charge is 2.25. The van der Waals surface area contributed by atoms with Gasteiger partial charge in [-0.2, -0.15) is 5.10 Å². The normalized spacial score (nSPS) is 12.1. The lowest BCUT2D eigenvalue weighted by Crippen LogP contribution is -2.48. The molecule has 0 saturated carbocycles. The van der Waals surface area contributed by atoms with Gasteiger partial charge in [0, 0.05) is 5.02 Å². The molecule has 0 aliphatic rings. The van der Waals surface area contributed by atoms with Crippen LogP contribution in [0.3, 0.4) is 0 Å². The van der Waals surface area contributed by atoms with E-state index < -0.39 is 17.9 Å². The molecule has 2 aromatic rings. The van der Waals surface area contributed by atoms with E-state index in [2.05, 4.69) is 15.8 Å². The second-order valence-electron chi connectivity index (χ2n) is 6.97. The Morgan fingerprint density at radius 2 is 1.93 bits per heavy atom. The highest BCUT2D eigenvalue weighted by atomic mass is 35.5. The molecule has 0 aliphatic carbocycles. The Morgan fingerprint density at radius 1 is 1.17 bits per heavy atom. The van der Waals surface area contributed by atoms with E-state index in [0.717, 1.165) is 17.7 Å². The SMILES string of the molecule is CCCOc1cccc(C=NNC(=O)C(NC(=O)c2ccc(Cl)cc2Cl)C(C)C)c1. The number of carbonyl (C=O) groups excluding carboxylic acids is 2. The van der Waals surface area contributed by atoms with Gasteiger partial charge in [0.25, 0.3) is 11.8 Å². The molecule has 30 heavy (non-hydrogen) atoms. The molecule has 2 aromatic carbocycles. The number of rotatable bonds is 9. The zero-order valence-corrected chi connectivity index (χ0v) is 18.6. The summed E-state index contributed by atoms with van der Waals surface area (Å²) in [6.07, 6.45) is 2.43. The van der Waals surface area contributed by atoms with Crippen LogP contribution in [-0.4, -0.2) is 30.7 Å². The van der Waals surface area contributed by atoms with Crippen LogP contribution in [0.2, 0.25) is 10.0 Å². The number of benzene rings is 2. The van der Waals surface area contributed by atoms with Crippen LogP contribution in [0.1, 0.15) is 43.1 Å². The number of hydrazone groups is 1. The molecule has 0 aliphatic heterocycles. The standard InChI is InChI=1S/C22H25Cl2N3O3/c1-4-10-30-17-7-5-6-15(11-17)13-25-27-22(29)20(14(2)3)26-21(28)18-9-8-16(23)12-19(18)24/h5-9,11-14,20H,4,10H2,1-3H3,(H,26,28)(H,27,29). The van der Waals surface area contributed by atoms with E-state index in [1.165, 1.54) is 18.3 Å². The Hall–Kier alpha value is -2.57. The van der Waals surface area contributed by atoms with Gasteiger partial charge in [-0.05, 0) is 48.2 Å². The van der Waals surface area contributed by atoms with Crippen molar-refractivity contribution in [1.29, 1.82) is 0 Å². The number of halogens is 2. The van der Waals surface area contributed by atoms with Gasteiger partial charge < -0.3 is 10.1 Å². The fraction of sp³-hybridized carbons (Fsp3) is 0.318. The van der Waals surface area contributed by atoms with Gasteiger partial charge in [0.15, 0.2) is 0 Å². The van der Waals surface area contributed by atoms with Gasteiger partial charge in [-0.1, -0.05) is 56.1 Å². The predicted molar refractivity (Wildman–Crippen MR) is 121 cm³/mol. The van der Waals surface area contributed by atoms with Gasteiger partial charge in [-0.15, -0.1) is 0 Å². The third-order valence-electron chi connectivity index (χ3n) is 4.13. The highest BCUT2D eigenvalue weighted by molar-refractivity contribution is 6.36. The first kappa shape index (κ1) is 23.7. The van der Waals surface area contributed by atoms with Crippen LogP contribution >= 0.6 is 23.2 Å². The lowest BCUT2D eigenvalue weighted by molar-refractivity contribution is -0.123. The van der Waals surface area contributed by atoms with Crippen molar-refractivity contribution in [3.05, 3.63) is 63.6 Å². The van der Waals surface area contributed by atoms with E-state index in [0.29, 0.717) is 11.6 Å². The Balaban J connectivity index is 2.01. The molecule has 0 saturated heterocycles. The van der Waals surface area contributed by atoms with Crippen molar-refractivity contribution in [1.82, 2.24) is 10.7 Å². The fourth-order valence-corrected chi connectivity index (χ4v) is 3.07. The van der Waals surface area contributed by atoms with Crippen LogP contribution in [0.15, 0.2) is 47.6 Å². The third kappa shape index (κ3) is 7.04. The number of nitrogens with zero attached hydrogens (tertiary/aromatic N) is 1. The van der Waals surface area contributed by atoms with E-state index in [-0.39, 0.29) is 16.5 Å². The minimum atomic E-state index is -0.791. The van der Waals surface area contributed by atoms with Crippen molar-refractivity contribution in [2.45, 2.75) is 33.2 Å². The number of hydrogen-bond acceptors (Lipinski definition) is 4. The van der Waals surface area contributed by atoms with Crippen LogP contribution in [0, 0.1) is 5.92 Å². The first-order chi connectivity index (χ1) is 14.3. The fourth-order valence-electron chi connectivity index (χ4n) is 2.57. The molecule has 0 heterocycles. The Bertz CT molecular complexity index is 916. The molecule has 1 atom stereocenters. The van der Waals surface area contributed by atoms with Crippen molar-refractivity contribution >= 4 is 41.2 Å². The molecule has 2 N–H and O–H groups in total. The minimum Gasteiger partial charge on any atom is -0.494 e. The molecule has 0 fully saturated rings. The monoisotopic (exact) mass is 449 g/mol. The Labute approximate surface area is 186 Å². The summed E-state index contributed by atoms with van der Waals surface area (Å²) in [5, 5.41) is 7.34. The molecule has 2 rings (SSSR count). The van der Waals surface area contributed by atoms with Gasteiger partial charge in [-0.25, -0.2) is 5.43 Å². The van der Waals surface area contributed by atoms with Crippen molar-refractivity contribution in [2.24, 2.45) is 11.0 Å². The van der Waals surface area contributed by atoms with Gasteiger partial charge in [-0.3, -0.25) is 9.59 Å². The predicted octanol–water partition coefficient (Wildman–Crippen LogP) is 4.69. The van der Waals surface area contributed by atoms with Gasteiger partial charge in [0.05, 0.1) is 23.4 Å². The first-order valence-electron chi connectivity index (χ1n) is 9.63. The molecule has 0 spiro atoms. The summed E-state index contributed by atoms with van der Waals surface area (Å²) >= 11 is 11.9. The zero-order valence-electron chi connectivity index (χ0n) is 17.1. The van der Waals surface area contributed by atoms with Gasteiger partial charge >= 0.3 is 0 Å². The van der Waals surface area contributed by atoms with E-state index in [9.17, 15) is 9.59 Å². The second kappa shape index (κ2) is 11.6. The number of ether oxygens (including phenoxy) is 1. The summed E-state index contributed by atoms with van der Waals surface area (Å²) in [4.78, 5) is 25.1. The van der Waals surface area contributed by atoms with E-state index in [1.54, 1.807) is 6.07 Å². The van der Waals surface area contributed by atoms with Crippen LogP contribution in [0.4, 0.5) is 0 Å². The molecular formula is C22H25Cl2N3O3. The molecule has 0 aromatic heterocycles. The molecular weight excluding hydrogens is 425 g/mol. The van der Waals surface area contributed by atoms with Crippen LogP contribution < -0.4 is 15.5 Å². The van der Waals surface area contributed by atoms with Crippen molar-refractivity contribution in [3.63, 3.8) is 0 Å². The summed E-state index contributed by atoms with van der Waals surface area (Å²) in [6, 6.07) is 11.1. The van der Waals surface area contributed by atoms with Crippen molar-refractivity contribution in [3.8, 4) is 5.75 Å². The Morgan fingerprint density at radius 3 is 2.60 bits per heavy atom. The number of hydrogen-bond donors (Lipinski definition) is 2. The lowest BCUT2D eigenvalue weighted by atomic mass is 10.0. The van der Waals surface area contributed by atoms with Gasteiger partial charge in [0.1, 0.15) is 11.8 Å². The summed E-state index contributed by atoms with van der Waals surface area (Å²) in [6.45, 7) is 6.31. The minimum absolute atomic E-state index is 0.166. The van der Waals surface area contributed by atoms with Crippen LogP contribution in [0.5, 0.6) is 5.75 Å². The smallest absolute Gasteiger partial charge is 0.262 e. The highest BCUT2D eigenvalue weighted by Crippen LogP contribution is 2.21. The van der Waals surface area contributed by atoms with E-state index in [1.807, 2.05) is 45.0 Å². The number of carbonyl (C=O) groups is 2. The first-order valence-corrected chi connectivity index (χ1v) is 10.4. The molecule has 0 bridgehead atoms. The maximum absolute atomic E-state index is 12.6. The molecule has 0 radical (unpaired) electrons. The van der Waals surface area contributed by atoms with Crippen molar-refractivity contribution in [2.75, 3.05) is 6.61 Å². The lowest BCUT2D eigenvalue weighted by Gasteiger charge is -2.20. The average molecular weight is 450 g/mol.